The van der Waals surface area contributed by atoms with Crippen molar-refractivity contribution in [2.45, 2.75) is 25.7 Å². The zero-order chi connectivity index (χ0) is 11.3. The minimum Gasteiger partial charge on any atom is -0.346 e. The molecule has 1 heterocycles. The van der Waals surface area contributed by atoms with Gasteiger partial charge in [0, 0.05) is 27.1 Å². The Morgan fingerprint density at radius 3 is 2.69 bits per heavy atom. The Labute approximate surface area is 112 Å². The van der Waals surface area contributed by atoms with E-state index in [0.29, 0.717) is 0 Å². The molecule has 84 valence electrons. The molecule has 3 heteroatoms. The zero-order valence-corrected chi connectivity index (χ0v) is 12.4. The van der Waals surface area contributed by atoms with Gasteiger partial charge in [-0.25, -0.2) is 0 Å². The lowest BCUT2D eigenvalue weighted by Crippen LogP contribution is -2.04. The number of benzene rings is 1. The summed E-state index contributed by atoms with van der Waals surface area (Å²) in [6.45, 7) is 0. The van der Waals surface area contributed by atoms with Crippen LogP contribution in [0.25, 0.3) is 10.9 Å². The fourth-order valence-electron chi connectivity index (χ4n) is 2.82. The minimum atomic E-state index is 1.16. The number of hydrogen-bond donors (Lipinski definition) is 0. The van der Waals surface area contributed by atoms with E-state index in [-0.39, 0.29) is 0 Å². The van der Waals surface area contributed by atoms with Crippen LogP contribution in [0.1, 0.15) is 24.1 Å². The molecule has 1 nitrogen and oxygen atoms in total. The summed E-state index contributed by atoms with van der Waals surface area (Å²) in [6.07, 6.45) is 5.12. The van der Waals surface area contributed by atoms with Crippen molar-refractivity contribution in [2.24, 2.45) is 7.05 Å². The lowest BCUT2D eigenvalue weighted by molar-refractivity contribution is 0.653. The van der Waals surface area contributed by atoms with Gasteiger partial charge < -0.3 is 4.57 Å². The molecule has 1 aromatic carbocycles. The van der Waals surface area contributed by atoms with E-state index in [1.807, 2.05) is 0 Å². The molecule has 0 saturated heterocycles. The van der Waals surface area contributed by atoms with E-state index in [2.05, 4.69) is 55.6 Å². The number of fused-ring (bicyclic) bond motifs is 3. The van der Waals surface area contributed by atoms with Gasteiger partial charge >= 0.3 is 0 Å². The van der Waals surface area contributed by atoms with Gasteiger partial charge in [0.25, 0.3) is 0 Å². The molecule has 0 spiro atoms. The topological polar surface area (TPSA) is 4.93 Å². The summed E-state index contributed by atoms with van der Waals surface area (Å²) in [5.41, 5.74) is 4.43. The normalized spacial score (nSPS) is 15.4. The van der Waals surface area contributed by atoms with Crippen LogP contribution in [0.4, 0.5) is 0 Å². The molecule has 16 heavy (non-hydrogen) atoms. The van der Waals surface area contributed by atoms with E-state index >= 15 is 0 Å². The fraction of sp³-hybridized carbons (Fsp3) is 0.385. The second-order valence-corrected chi connectivity index (χ2v) is 6.25. The number of halogens is 2. The van der Waals surface area contributed by atoms with Crippen LogP contribution in [0.15, 0.2) is 21.1 Å². The second-order valence-electron chi connectivity index (χ2n) is 4.48. The monoisotopic (exact) mass is 341 g/mol. The predicted octanol–water partition coefficient (Wildman–Crippen LogP) is 4.58. The van der Waals surface area contributed by atoms with Crippen LogP contribution in [0.2, 0.25) is 0 Å². The maximum Gasteiger partial charge on any atom is 0.0627 e. The van der Waals surface area contributed by atoms with Crippen LogP contribution in [0, 0.1) is 0 Å². The van der Waals surface area contributed by atoms with Crippen molar-refractivity contribution in [2.75, 3.05) is 0 Å². The summed E-state index contributed by atoms with van der Waals surface area (Å²) in [6, 6.07) is 4.39. The van der Waals surface area contributed by atoms with Gasteiger partial charge in [-0.05, 0) is 59.3 Å². The smallest absolute Gasteiger partial charge is 0.0627 e. The molecule has 1 aliphatic rings. The van der Waals surface area contributed by atoms with Gasteiger partial charge in [0.2, 0.25) is 0 Å². The van der Waals surface area contributed by atoms with Crippen molar-refractivity contribution in [3.05, 3.63) is 32.3 Å². The highest BCUT2D eigenvalue weighted by Crippen LogP contribution is 2.37. The van der Waals surface area contributed by atoms with Gasteiger partial charge in [-0.15, -0.1) is 0 Å². The van der Waals surface area contributed by atoms with Gasteiger partial charge in [0.05, 0.1) is 5.52 Å². The molecule has 0 aliphatic heterocycles. The lowest BCUT2D eigenvalue weighted by Gasteiger charge is -2.12. The minimum absolute atomic E-state index is 1.16. The first kappa shape index (κ1) is 10.8. The van der Waals surface area contributed by atoms with Crippen molar-refractivity contribution >= 4 is 42.8 Å². The standard InChI is InChI=1S/C13H13Br2N/c1-16-12-5-3-2-4-9(12)10-6-8(14)7-11(15)13(10)16/h6-7H,2-5H2,1H3. The van der Waals surface area contributed by atoms with Crippen LogP contribution >= 0.6 is 31.9 Å². The van der Waals surface area contributed by atoms with Crippen LogP contribution in [0.3, 0.4) is 0 Å². The van der Waals surface area contributed by atoms with E-state index in [4.69, 9.17) is 0 Å². The van der Waals surface area contributed by atoms with Gasteiger partial charge in [-0.3, -0.25) is 0 Å². The van der Waals surface area contributed by atoms with Crippen LogP contribution in [-0.2, 0) is 19.9 Å². The largest absolute Gasteiger partial charge is 0.346 e. The van der Waals surface area contributed by atoms with Gasteiger partial charge in [0.15, 0.2) is 0 Å². The molecule has 0 atom stereocenters. The fourth-order valence-corrected chi connectivity index (χ4v) is 4.31. The van der Waals surface area contributed by atoms with Gasteiger partial charge in [0.1, 0.15) is 0 Å². The van der Waals surface area contributed by atoms with Crippen molar-refractivity contribution in [1.82, 2.24) is 4.57 Å². The number of nitrogens with zero attached hydrogens (tertiary/aromatic N) is 1. The quantitative estimate of drug-likeness (QED) is 0.660. The molecule has 2 aromatic rings. The highest BCUT2D eigenvalue weighted by atomic mass is 79.9. The Balaban J connectivity index is 2.44. The molecular weight excluding hydrogens is 330 g/mol. The van der Waals surface area contributed by atoms with E-state index in [1.54, 1.807) is 5.56 Å². The third-order valence-electron chi connectivity index (χ3n) is 3.53. The third kappa shape index (κ3) is 1.48. The van der Waals surface area contributed by atoms with Crippen molar-refractivity contribution in [1.29, 1.82) is 0 Å². The second kappa shape index (κ2) is 3.88. The first-order chi connectivity index (χ1) is 7.68. The van der Waals surface area contributed by atoms with Crippen molar-refractivity contribution < 1.29 is 0 Å². The summed E-state index contributed by atoms with van der Waals surface area (Å²) in [7, 11) is 2.19. The Morgan fingerprint density at radius 1 is 1.12 bits per heavy atom. The molecule has 1 aliphatic carbocycles. The summed E-state index contributed by atoms with van der Waals surface area (Å²) < 4.78 is 4.71. The van der Waals surface area contributed by atoms with Crippen LogP contribution in [0.5, 0.6) is 0 Å². The zero-order valence-electron chi connectivity index (χ0n) is 9.19. The highest BCUT2D eigenvalue weighted by Gasteiger charge is 2.19. The van der Waals surface area contributed by atoms with Crippen molar-refractivity contribution in [3.8, 4) is 0 Å². The molecule has 0 amide bonds. The summed E-state index contributed by atoms with van der Waals surface area (Å²) in [5.74, 6) is 0. The molecule has 3 rings (SSSR count). The van der Waals surface area contributed by atoms with Crippen molar-refractivity contribution in [3.63, 3.8) is 0 Å². The first-order valence-electron chi connectivity index (χ1n) is 5.63. The molecule has 0 radical (unpaired) electrons. The van der Waals surface area contributed by atoms with Gasteiger partial charge in [-0.2, -0.15) is 0 Å². The van der Waals surface area contributed by atoms with E-state index in [9.17, 15) is 0 Å². The Morgan fingerprint density at radius 2 is 1.88 bits per heavy atom. The lowest BCUT2D eigenvalue weighted by atomic mass is 9.96. The third-order valence-corrected chi connectivity index (χ3v) is 4.59. The van der Waals surface area contributed by atoms with E-state index in [0.717, 1.165) is 4.47 Å². The Kier molecular flexibility index (Phi) is 2.63. The number of aromatic nitrogens is 1. The van der Waals surface area contributed by atoms with E-state index < -0.39 is 0 Å². The summed E-state index contributed by atoms with van der Waals surface area (Å²) >= 11 is 7.26. The van der Waals surface area contributed by atoms with Crippen LogP contribution in [-0.4, -0.2) is 4.57 Å². The molecule has 1 aromatic heterocycles. The molecule has 0 bridgehead atoms. The maximum absolute atomic E-state index is 3.67. The highest BCUT2D eigenvalue weighted by molar-refractivity contribution is 9.11. The SMILES string of the molecule is Cn1c2c(c3cc(Br)cc(Br)c31)CCCC2. The molecule has 0 N–H and O–H groups in total. The van der Waals surface area contributed by atoms with Gasteiger partial charge in [-0.1, -0.05) is 15.9 Å². The number of rotatable bonds is 0. The average Bonchev–Trinajstić information content (AvgIpc) is 2.54. The summed E-state index contributed by atoms with van der Waals surface area (Å²) in [4.78, 5) is 0. The average molecular weight is 343 g/mol. The number of hydrogen-bond acceptors (Lipinski definition) is 0. The molecule has 0 saturated carbocycles. The van der Waals surface area contributed by atoms with E-state index in [1.165, 1.54) is 46.8 Å². The Bertz CT molecular complexity index is 569. The predicted molar refractivity (Wildman–Crippen MR) is 75.0 cm³/mol. The molecule has 0 fully saturated rings. The molecule has 0 unspecified atom stereocenters. The maximum atomic E-state index is 3.67. The first-order valence-corrected chi connectivity index (χ1v) is 7.22. The van der Waals surface area contributed by atoms with Crippen LogP contribution < -0.4 is 0 Å². The Hall–Kier alpha value is -0.280. The molecular formula is C13H13Br2N. The summed E-state index contributed by atoms with van der Waals surface area (Å²) in [5, 5.41) is 1.42. The number of aryl methyl sites for hydroxylation is 2.